The first kappa shape index (κ1) is 25.8. The summed E-state index contributed by atoms with van der Waals surface area (Å²) in [6.45, 7) is 6.20. The molecule has 0 aliphatic heterocycles. The van der Waals surface area contributed by atoms with Crippen molar-refractivity contribution < 1.29 is 19.4 Å². The summed E-state index contributed by atoms with van der Waals surface area (Å²) in [5, 5.41) is 19.9. The van der Waals surface area contributed by atoms with Gasteiger partial charge in [0.2, 0.25) is 5.62 Å². The van der Waals surface area contributed by atoms with Crippen LogP contribution in [0.2, 0.25) is 0 Å². The SMILES string of the molecule is COC(=O)N(C)c1cc(C(=O)Cn2c(=N)n(Cc3ccccc3)c3ccccc32)cc(C(C)(C)C)c1O. The second kappa shape index (κ2) is 9.97. The summed E-state index contributed by atoms with van der Waals surface area (Å²) in [5.41, 5.74) is 3.46. The Hall–Kier alpha value is -4.33. The number of benzene rings is 3. The maximum Gasteiger partial charge on any atom is 0.413 e. The number of amides is 1. The molecule has 37 heavy (non-hydrogen) atoms. The Bertz CT molecular complexity index is 1530. The summed E-state index contributed by atoms with van der Waals surface area (Å²) >= 11 is 0. The molecule has 0 spiro atoms. The van der Waals surface area contributed by atoms with Crippen LogP contribution < -0.4 is 10.5 Å². The number of carbonyl (C=O) groups excluding carboxylic acids is 2. The van der Waals surface area contributed by atoms with Gasteiger partial charge in [-0.1, -0.05) is 63.2 Å². The third kappa shape index (κ3) is 5.00. The van der Waals surface area contributed by atoms with Gasteiger partial charge < -0.3 is 19.0 Å². The highest BCUT2D eigenvalue weighted by Crippen LogP contribution is 2.39. The molecule has 8 nitrogen and oxygen atoms in total. The lowest BCUT2D eigenvalue weighted by molar-refractivity contribution is 0.0971. The summed E-state index contributed by atoms with van der Waals surface area (Å²) in [4.78, 5) is 27.0. The van der Waals surface area contributed by atoms with Crippen molar-refractivity contribution in [2.24, 2.45) is 0 Å². The number of aromatic nitrogens is 2. The van der Waals surface area contributed by atoms with Crippen molar-refractivity contribution in [1.29, 1.82) is 5.41 Å². The molecule has 0 atom stereocenters. The van der Waals surface area contributed by atoms with Crippen LogP contribution in [-0.2, 0) is 23.2 Å². The predicted molar refractivity (Wildman–Crippen MR) is 143 cm³/mol. The molecule has 1 heterocycles. The predicted octanol–water partition coefficient (Wildman–Crippen LogP) is 5.06. The van der Waals surface area contributed by atoms with Crippen molar-refractivity contribution in [3.8, 4) is 5.75 Å². The van der Waals surface area contributed by atoms with Crippen LogP contribution in [0, 0.1) is 5.41 Å². The summed E-state index contributed by atoms with van der Waals surface area (Å²) in [5.74, 6) is -0.323. The molecular formula is C29H32N4O4. The van der Waals surface area contributed by atoms with E-state index in [-0.39, 0.29) is 29.4 Å². The van der Waals surface area contributed by atoms with Gasteiger partial charge in [-0.2, -0.15) is 0 Å². The fraction of sp³-hybridized carbons (Fsp3) is 0.276. The number of rotatable bonds is 6. The van der Waals surface area contributed by atoms with Gasteiger partial charge in [0, 0.05) is 18.2 Å². The van der Waals surface area contributed by atoms with Crippen LogP contribution in [0.25, 0.3) is 11.0 Å². The molecule has 192 valence electrons. The molecule has 0 fully saturated rings. The molecule has 0 radical (unpaired) electrons. The number of ketones is 1. The van der Waals surface area contributed by atoms with Crippen LogP contribution in [-0.4, -0.2) is 40.3 Å². The Balaban J connectivity index is 1.79. The number of anilines is 1. The van der Waals surface area contributed by atoms with Crippen LogP contribution in [0.4, 0.5) is 10.5 Å². The average molecular weight is 501 g/mol. The molecule has 1 aromatic heterocycles. The van der Waals surface area contributed by atoms with Crippen molar-refractivity contribution in [1.82, 2.24) is 9.13 Å². The van der Waals surface area contributed by atoms with E-state index in [0.717, 1.165) is 16.6 Å². The number of imidazole rings is 1. The van der Waals surface area contributed by atoms with Crippen LogP contribution in [0.15, 0.2) is 66.7 Å². The second-order valence-corrected chi connectivity index (χ2v) is 10.1. The monoisotopic (exact) mass is 500 g/mol. The van der Waals surface area contributed by atoms with Crippen molar-refractivity contribution in [2.45, 2.75) is 39.3 Å². The molecule has 0 aliphatic rings. The van der Waals surface area contributed by atoms with Gasteiger partial charge in [0.15, 0.2) is 5.78 Å². The van der Waals surface area contributed by atoms with Crippen LogP contribution in [0.1, 0.15) is 42.3 Å². The zero-order valence-electron chi connectivity index (χ0n) is 21.8. The number of methoxy groups -OCH3 is 1. The molecule has 0 aliphatic carbocycles. The largest absolute Gasteiger partial charge is 0.505 e. The number of hydrogen-bond donors (Lipinski definition) is 2. The highest BCUT2D eigenvalue weighted by atomic mass is 16.5. The lowest BCUT2D eigenvalue weighted by atomic mass is 9.84. The molecule has 2 N–H and O–H groups in total. The number of ether oxygens (including phenoxy) is 1. The number of hydrogen-bond acceptors (Lipinski definition) is 5. The minimum absolute atomic E-state index is 0.0725. The second-order valence-electron chi connectivity index (χ2n) is 10.1. The van der Waals surface area contributed by atoms with Crippen molar-refractivity contribution >= 4 is 28.6 Å². The number of Topliss-reactive ketones (excluding diaryl/α,β-unsaturated/α-hetero) is 1. The molecule has 1 amide bonds. The Morgan fingerprint density at radius 1 is 0.973 bits per heavy atom. The van der Waals surface area contributed by atoms with Gasteiger partial charge in [-0.05, 0) is 35.2 Å². The molecule has 0 saturated carbocycles. The van der Waals surface area contributed by atoms with E-state index in [2.05, 4.69) is 0 Å². The number of fused-ring (bicyclic) bond motifs is 1. The highest BCUT2D eigenvalue weighted by Gasteiger charge is 2.27. The molecule has 3 aromatic carbocycles. The van der Waals surface area contributed by atoms with Crippen molar-refractivity contribution in [3.05, 3.63) is 89.0 Å². The summed E-state index contributed by atoms with van der Waals surface area (Å²) in [6.07, 6.45) is -0.661. The number of phenols is 1. The molecule has 0 bridgehead atoms. The lowest BCUT2D eigenvalue weighted by Crippen LogP contribution is -2.29. The molecule has 8 heteroatoms. The number of nitrogens with zero attached hydrogens (tertiary/aromatic N) is 3. The summed E-state index contributed by atoms with van der Waals surface area (Å²) in [6, 6.07) is 20.7. The molecule has 0 unspecified atom stereocenters. The van der Waals surface area contributed by atoms with Gasteiger partial charge >= 0.3 is 6.09 Å². The number of nitrogens with one attached hydrogen (secondary N) is 1. The average Bonchev–Trinajstić information content (AvgIpc) is 3.13. The standard InChI is InChI=1S/C29H32N4O4/c1-29(2,3)21-15-20(16-24(26(21)35)31(4)28(36)37-5)25(34)18-33-23-14-10-9-13-22(23)32(27(33)30)17-19-11-7-6-8-12-19/h6-16,30,35H,17-18H2,1-5H3. The third-order valence-electron chi connectivity index (χ3n) is 6.49. The van der Waals surface area contributed by atoms with Crippen LogP contribution in [0.5, 0.6) is 5.75 Å². The third-order valence-corrected chi connectivity index (χ3v) is 6.49. The zero-order valence-corrected chi connectivity index (χ0v) is 21.8. The van der Waals surface area contributed by atoms with E-state index >= 15 is 0 Å². The van der Waals surface area contributed by atoms with E-state index in [9.17, 15) is 14.7 Å². The summed E-state index contributed by atoms with van der Waals surface area (Å²) in [7, 11) is 2.74. The molecular weight excluding hydrogens is 468 g/mol. The van der Waals surface area contributed by atoms with E-state index < -0.39 is 11.5 Å². The lowest BCUT2D eigenvalue weighted by Gasteiger charge is -2.26. The van der Waals surface area contributed by atoms with E-state index in [0.29, 0.717) is 17.7 Å². The summed E-state index contributed by atoms with van der Waals surface area (Å²) < 4.78 is 8.39. The maximum atomic E-state index is 13.7. The quantitative estimate of drug-likeness (QED) is 0.362. The van der Waals surface area contributed by atoms with E-state index in [4.69, 9.17) is 10.1 Å². The van der Waals surface area contributed by atoms with E-state index in [1.165, 1.54) is 25.1 Å². The number of aromatic hydroxyl groups is 1. The first-order chi connectivity index (χ1) is 17.5. The van der Waals surface area contributed by atoms with Gasteiger partial charge in [0.1, 0.15) is 5.75 Å². The Kier molecular flexibility index (Phi) is 6.94. The number of para-hydroxylation sites is 2. The van der Waals surface area contributed by atoms with E-state index in [1.54, 1.807) is 10.6 Å². The van der Waals surface area contributed by atoms with Gasteiger partial charge in [-0.15, -0.1) is 0 Å². The van der Waals surface area contributed by atoms with Gasteiger partial charge in [0.25, 0.3) is 0 Å². The highest BCUT2D eigenvalue weighted by molar-refractivity contribution is 6.00. The van der Waals surface area contributed by atoms with Crippen molar-refractivity contribution in [2.75, 3.05) is 19.1 Å². The molecule has 4 aromatic rings. The van der Waals surface area contributed by atoms with Crippen LogP contribution in [0.3, 0.4) is 0 Å². The molecule has 4 rings (SSSR count). The van der Waals surface area contributed by atoms with Gasteiger partial charge in [-0.3, -0.25) is 15.1 Å². The minimum Gasteiger partial charge on any atom is -0.505 e. The van der Waals surface area contributed by atoms with Gasteiger partial charge in [-0.25, -0.2) is 4.79 Å². The Morgan fingerprint density at radius 3 is 2.16 bits per heavy atom. The van der Waals surface area contributed by atoms with Gasteiger partial charge in [0.05, 0.1) is 36.9 Å². The number of carbonyl (C=O) groups is 2. The smallest absolute Gasteiger partial charge is 0.413 e. The molecule has 0 saturated heterocycles. The zero-order chi connectivity index (χ0) is 26.9. The fourth-order valence-electron chi connectivity index (χ4n) is 4.46. The van der Waals surface area contributed by atoms with Crippen LogP contribution >= 0.6 is 0 Å². The topological polar surface area (TPSA) is 101 Å². The first-order valence-corrected chi connectivity index (χ1v) is 12.0. The maximum absolute atomic E-state index is 13.7. The normalized spacial score (nSPS) is 11.5. The number of phenolic OH excluding ortho intramolecular Hbond substituents is 1. The van der Waals surface area contributed by atoms with E-state index in [1.807, 2.05) is 79.9 Å². The Morgan fingerprint density at radius 2 is 1.57 bits per heavy atom. The first-order valence-electron chi connectivity index (χ1n) is 12.0. The Labute approximate surface area is 215 Å². The minimum atomic E-state index is -0.661. The van der Waals surface area contributed by atoms with Crippen molar-refractivity contribution in [3.63, 3.8) is 0 Å². The fourth-order valence-corrected chi connectivity index (χ4v) is 4.46.